The third kappa shape index (κ3) is 6.30. The van der Waals surface area contributed by atoms with Crippen molar-refractivity contribution in [1.29, 1.82) is 0 Å². The average molecular weight is 321 g/mol. The molecule has 128 valence electrons. The molecule has 0 aliphatic rings. The van der Waals surface area contributed by atoms with E-state index in [4.69, 9.17) is 9.47 Å². The molecule has 0 heterocycles. The van der Waals surface area contributed by atoms with Gasteiger partial charge in [0.1, 0.15) is 5.75 Å². The van der Waals surface area contributed by atoms with Crippen molar-refractivity contribution >= 4 is 11.9 Å². The van der Waals surface area contributed by atoms with Crippen LogP contribution >= 0.6 is 0 Å². The lowest BCUT2D eigenvalue weighted by Gasteiger charge is -2.24. The molecule has 1 aromatic carbocycles. The summed E-state index contributed by atoms with van der Waals surface area (Å²) >= 11 is 0. The van der Waals surface area contributed by atoms with Crippen molar-refractivity contribution < 1.29 is 19.1 Å². The summed E-state index contributed by atoms with van der Waals surface area (Å²) in [6.07, 6.45) is 1.74. The monoisotopic (exact) mass is 321 g/mol. The van der Waals surface area contributed by atoms with E-state index in [0.717, 1.165) is 12.8 Å². The molecule has 5 heteroatoms. The van der Waals surface area contributed by atoms with Gasteiger partial charge >= 0.3 is 5.97 Å². The molecule has 1 rings (SSSR count). The molecule has 5 nitrogen and oxygen atoms in total. The van der Waals surface area contributed by atoms with Crippen LogP contribution in [-0.4, -0.2) is 43.6 Å². The van der Waals surface area contributed by atoms with Gasteiger partial charge in [0.25, 0.3) is 5.91 Å². The van der Waals surface area contributed by atoms with E-state index in [2.05, 4.69) is 6.92 Å². The van der Waals surface area contributed by atoms with Crippen LogP contribution in [-0.2, 0) is 20.7 Å². The summed E-state index contributed by atoms with van der Waals surface area (Å²) in [6, 6.07) is 7.72. The van der Waals surface area contributed by atoms with E-state index in [1.165, 1.54) is 12.7 Å². The number of nitrogens with zero attached hydrogens (tertiary/aromatic N) is 1. The third-order valence-electron chi connectivity index (χ3n) is 3.61. The molecular weight excluding hydrogens is 294 g/mol. The Balaban J connectivity index is 2.61. The number of hydrogen-bond acceptors (Lipinski definition) is 4. The number of methoxy groups -OCH3 is 1. The molecule has 0 saturated carbocycles. The van der Waals surface area contributed by atoms with Crippen molar-refractivity contribution in [3.8, 4) is 5.75 Å². The van der Waals surface area contributed by atoms with Gasteiger partial charge in [-0.05, 0) is 30.5 Å². The minimum atomic E-state index is -0.348. The molecule has 0 spiro atoms. The summed E-state index contributed by atoms with van der Waals surface area (Å²) < 4.78 is 10.3. The zero-order valence-corrected chi connectivity index (χ0v) is 14.5. The normalized spacial score (nSPS) is 11.7. The van der Waals surface area contributed by atoms with E-state index >= 15 is 0 Å². The first-order valence-electron chi connectivity index (χ1n) is 8.09. The molecule has 0 bridgehead atoms. The van der Waals surface area contributed by atoms with Crippen LogP contribution in [0.1, 0.15) is 32.8 Å². The minimum Gasteiger partial charge on any atom is -0.484 e. The standard InChI is InChI=1S/C18H27NO4/c1-5-10-19(12-14(3)18(21)22-4)17(20)13-23-16-9-7-8-15(6-2)11-16/h7-9,11,14H,5-6,10,12-13H2,1-4H3. The van der Waals surface area contributed by atoms with Crippen molar-refractivity contribution in [2.75, 3.05) is 26.8 Å². The zero-order valence-electron chi connectivity index (χ0n) is 14.5. The Bertz CT molecular complexity index is 515. The van der Waals surface area contributed by atoms with Crippen LogP contribution in [0.2, 0.25) is 0 Å². The van der Waals surface area contributed by atoms with E-state index < -0.39 is 0 Å². The first kappa shape index (κ1) is 19.0. The number of carbonyl (C=O) groups excluding carboxylic acids is 2. The molecule has 0 N–H and O–H groups in total. The highest BCUT2D eigenvalue weighted by atomic mass is 16.5. The first-order chi connectivity index (χ1) is 11.0. The van der Waals surface area contributed by atoms with Crippen LogP contribution in [0.5, 0.6) is 5.75 Å². The predicted octanol–water partition coefficient (Wildman–Crippen LogP) is 2.68. The molecule has 0 aromatic heterocycles. The summed E-state index contributed by atoms with van der Waals surface area (Å²) in [5, 5.41) is 0. The van der Waals surface area contributed by atoms with Crippen LogP contribution < -0.4 is 4.74 Å². The Morgan fingerprint density at radius 2 is 2.00 bits per heavy atom. The lowest BCUT2D eigenvalue weighted by Crippen LogP contribution is -2.40. The van der Waals surface area contributed by atoms with E-state index in [0.29, 0.717) is 18.8 Å². The fourth-order valence-electron chi connectivity index (χ4n) is 2.29. The quantitative estimate of drug-likeness (QED) is 0.656. The van der Waals surface area contributed by atoms with Gasteiger partial charge in [-0.3, -0.25) is 9.59 Å². The second-order valence-corrected chi connectivity index (χ2v) is 5.55. The number of esters is 1. The maximum atomic E-state index is 12.4. The van der Waals surface area contributed by atoms with Gasteiger partial charge in [0, 0.05) is 13.1 Å². The van der Waals surface area contributed by atoms with Gasteiger partial charge < -0.3 is 14.4 Å². The fraction of sp³-hybridized carbons (Fsp3) is 0.556. The topological polar surface area (TPSA) is 55.8 Å². The molecule has 1 aromatic rings. The van der Waals surface area contributed by atoms with Crippen molar-refractivity contribution in [1.82, 2.24) is 4.90 Å². The van der Waals surface area contributed by atoms with E-state index in [1.54, 1.807) is 11.8 Å². The molecule has 0 saturated heterocycles. The molecule has 1 unspecified atom stereocenters. The number of benzene rings is 1. The molecule has 0 fully saturated rings. The van der Waals surface area contributed by atoms with Crippen LogP contribution in [0.4, 0.5) is 0 Å². The summed E-state index contributed by atoms with van der Waals surface area (Å²) in [6.45, 7) is 6.74. The van der Waals surface area contributed by atoms with Gasteiger partial charge in [-0.2, -0.15) is 0 Å². The maximum Gasteiger partial charge on any atom is 0.310 e. The molecule has 23 heavy (non-hydrogen) atoms. The highest BCUT2D eigenvalue weighted by Crippen LogP contribution is 2.14. The summed E-state index contributed by atoms with van der Waals surface area (Å²) in [7, 11) is 1.36. The lowest BCUT2D eigenvalue weighted by molar-refractivity contribution is -0.146. The van der Waals surface area contributed by atoms with Gasteiger partial charge in [-0.1, -0.05) is 32.9 Å². The summed E-state index contributed by atoms with van der Waals surface area (Å²) in [5.41, 5.74) is 1.17. The molecule has 0 radical (unpaired) electrons. The highest BCUT2D eigenvalue weighted by molar-refractivity contribution is 5.79. The number of hydrogen-bond donors (Lipinski definition) is 0. The Morgan fingerprint density at radius 3 is 2.61 bits per heavy atom. The molecular formula is C18H27NO4. The smallest absolute Gasteiger partial charge is 0.310 e. The number of ether oxygens (including phenoxy) is 2. The first-order valence-corrected chi connectivity index (χ1v) is 8.09. The van der Waals surface area contributed by atoms with Crippen LogP contribution in [0.25, 0.3) is 0 Å². The average Bonchev–Trinajstić information content (AvgIpc) is 2.58. The minimum absolute atomic E-state index is 0.0267. The SMILES string of the molecule is CCCN(CC(C)C(=O)OC)C(=O)COc1cccc(CC)c1. The van der Waals surface area contributed by atoms with Gasteiger partial charge in [0.2, 0.25) is 0 Å². The van der Waals surface area contributed by atoms with E-state index in [1.807, 2.05) is 31.2 Å². The van der Waals surface area contributed by atoms with Crippen molar-refractivity contribution in [2.45, 2.75) is 33.6 Å². The highest BCUT2D eigenvalue weighted by Gasteiger charge is 2.21. The molecule has 1 amide bonds. The van der Waals surface area contributed by atoms with Crippen molar-refractivity contribution in [2.24, 2.45) is 5.92 Å². The number of amides is 1. The summed E-state index contributed by atoms with van der Waals surface area (Å²) in [5.74, 6) is -0.0888. The van der Waals surface area contributed by atoms with Crippen molar-refractivity contribution in [3.63, 3.8) is 0 Å². The Hall–Kier alpha value is -2.04. The van der Waals surface area contributed by atoms with Crippen LogP contribution in [0, 0.1) is 5.92 Å². The van der Waals surface area contributed by atoms with Crippen LogP contribution in [0.3, 0.4) is 0 Å². The Labute approximate surface area is 138 Å². The third-order valence-corrected chi connectivity index (χ3v) is 3.61. The molecule has 0 aliphatic heterocycles. The summed E-state index contributed by atoms with van der Waals surface area (Å²) in [4.78, 5) is 25.5. The number of rotatable bonds is 9. The fourth-order valence-corrected chi connectivity index (χ4v) is 2.29. The maximum absolute atomic E-state index is 12.4. The predicted molar refractivity (Wildman–Crippen MR) is 89.4 cm³/mol. The zero-order chi connectivity index (χ0) is 17.2. The van der Waals surface area contributed by atoms with Gasteiger partial charge in [-0.15, -0.1) is 0 Å². The second kappa shape index (κ2) is 9.87. The van der Waals surface area contributed by atoms with E-state index in [9.17, 15) is 9.59 Å². The molecule has 0 aliphatic carbocycles. The van der Waals surface area contributed by atoms with Gasteiger partial charge in [0.15, 0.2) is 6.61 Å². The lowest BCUT2D eigenvalue weighted by atomic mass is 10.1. The van der Waals surface area contributed by atoms with E-state index in [-0.39, 0.29) is 24.4 Å². The number of carbonyl (C=O) groups is 2. The van der Waals surface area contributed by atoms with Gasteiger partial charge in [0.05, 0.1) is 13.0 Å². The Morgan fingerprint density at radius 1 is 1.26 bits per heavy atom. The molecule has 1 atom stereocenters. The number of aryl methyl sites for hydroxylation is 1. The van der Waals surface area contributed by atoms with Crippen molar-refractivity contribution in [3.05, 3.63) is 29.8 Å². The van der Waals surface area contributed by atoms with Gasteiger partial charge in [-0.25, -0.2) is 0 Å². The second-order valence-electron chi connectivity index (χ2n) is 5.55. The largest absolute Gasteiger partial charge is 0.484 e. The van der Waals surface area contributed by atoms with Crippen LogP contribution in [0.15, 0.2) is 24.3 Å². The Kier molecular flexibility index (Phi) is 8.16.